The first-order chi connectivity index (χ1) is 9.47. The Labute approximate surface area is 127 Å². The number of amides is 1. The molecule has 1 aromatic rings. The Kier molecular flexibility index (Phi) is 5.11. The number of benzene rings is 1. The van der Waals surface area contributed by atoms with Gasteiger partial charge in [-0.05, 0) is 56.1 Å². The molecular formula is C16H24N2OS. The molecule has 0 spiro atoms. The molecule has 20 heavy (non-hydrogen) atoms. The van der Waals surface area contributed by atoms with E-state index in [4.69, 9.17) is 0 Å². The van der Waals surface area contributed by atoms with Gasteiger partial charge >= 0.3 is 0 Å². The van der Waals surface area contributed by atoms with E-state index < -0.39 is 0 Å². The van der Waals surface area contributed by atoms with Crippen molar-refractivity contribution in [3.05, 3.63) is 29.8 Å². The predicted octanol–water partition coefficient (Wildman–Crippen LogP) is 2.37. The van der Waals surface area contributed by atoms with Crippen molar-refractivity contribution < 1.29 is 4.79 Å². The van der Waals surface area contributed by atoms with Crippen molar-refractivity contribution in [1.82, 2.24) is 10.2 Å². The van der Waals surface area contributed by atoms with Crippen LogP contribution in [0.2, 0.25) is 0 Å². The van der Waals surface area contributed by atoms with Gasteiger partial charge < -0.3 is 10.2 Å². The Bertz CT molecular complexity index is 450. The van der Waals surface area contributed by atoms with E-state index in [9.17, 15) is 4.79 Å². The molecule has 0 aromatic heterocycles. The average Bonchev–Trinajstić information content (AvgIpc) is 2.43. The van der Waals surface area contributed by atoms with E-state index in [-0.39, 0.29) is 11.3 Å². The normalized spacial score (nSPS) is 18.8. The van der Waals surface area contributed by atoms with Crippen LogP contribution in [0.5, 0.6) is 0 Å². The third-order valence-corrected chi connectivity index (χ3v) is 4.51. The first-order valence-corrected chi connectivity index (χ1v) is 7.65. The molecule has 0 radical (unpaired) electrons. The smallest absolute Gasteiger partial charge is 0.224 e. The molecule has 1 fully saturated rings. The molecule has 1 aliphatic heterocycles. The minimum atomic E-state index is 0.108. The van der Waals surface area contributed by atoms with Crippen LogP contribution in [0, 0.1) is 5.41 Å². The summed E-state index contributed by atoms with van der Waals surface area (Å²) in [6, 6.07) is 7.76. The highest BCUT2D eigenvalue weighted by atomic mass is 32.1. The Morgan fingerprint density at radius 3 is 2.50 bits per heavy atom. The van der Waals surface area contributed by atoms with E-state index in [0.717, 1.165) is 42.9 Å². The molecule has 1 heterocycles. The molecule has 1 aliphatic rings. The number of nitrogens with zero attached hydrogens (tertiary/aromatic N) is 1. The van der Waals surface area contributed by atoms with Crippen LogP contribution in [0.15, 0.2) is 29.2 Å². The van der Waals surface area contributed by atoms with Gasteiger partial charge in [-0.15, -0.1) is 12.6 Å². The average molecular weight is 292 g/mol. The number of thiol groups is 1. The van der Waals surface area contributed by atoms with Crippen molar-refractivity contribution in [3.8, 4) is 0 Å². The molecule has 1 saturated heterocycles. The number of hydrogen-bond acceptors (Lipinski definition) is 3. The lowest BCUT2D eigenvalue weighted by Crippen LogP contribution is -2.43. The number of piperidine rings is 1. The van der Waals surface area contributed by atoms with Gasteiger partial charge in [-0.25, -0.2) is 0 Å². The van der Waals surface area contributed by atoms with E-state index in [1.807, 2.05) is 24.3 Å². The van der Waals surface area contributed by atoms with Gasteiger partial charge in [0.2, 0.25) is 5.91 Å². The molecule has 3 nitrogen and oxygen atoms in total. The van der Waals surface area contributed by atoms with Crippen molar-refractivity contribution in [2.45, 2.75) is 31.1 Å². The summed E-state index contributed by atoms with van der Waals surface area (Å²) in [6.07, 6.45) is 2.75. The zero-order chi connectivity index (χ0) is 14.6. The SMILES string of the molecule is CN1CCC(C)(CNC(=O)Cc2ccc(S)cc2)CC1. The zero-order valence-corrected chi connectivity index (χ0v) is 13.2. The number of nitrogens with one attached hydrogen (secondary N) is 1. The summed E-state index contributed by atoms with van der Waals surface area (Å²) < 4.78 is 0. The van der Waals surface area contributed by atoms with E-state index in [2.05, 4.69) is 36.8 Å². The topological polar surface area (TPSA) is 32.3 Å². The summed E-state index contributed by atoms with van der Waals surface area (Å²) in [4.78, 5) is 15.3. The summed E-state index contributed by atoms with van der Waals surface area (Å²) in [5.74, 6) is 0.108. The fourth-order valence-corrected chi connectivity index (χ4v) is 2.66. The van der Waals surface area contributed by atoms with Gasteiger partial charge in [0.15, 0.2) is 0 Å². The molecule has 0 bridgehead atoms. The minimum Gasteiger partial charge on any atom is -0.355 e. The maximum absolute atomic E-state index is 12.0. The number of hydrogen-bond donors (Lipinski definition) is 2. The summed E-state index contributed by atoms with van der Waals surface area (Å²) >= 11 is 4.25. The van der Waals surface area contributed by atoms with Crippen LogP contribution in [0.3, 0.4) is 0 Å². The second-order valence-electron chi connectivity index (χ2n) is 6.23. The summed E-state index contributed by atoms with van der Waals surface area (Å²) in [7, 11) is 2.16. The molecule has 0 aliphatic carbocycles. The van der Waals surface area contributed by atoms with Crippen LogP contribution in [0.25, 0.3) is 0 Å². The monoisotopic (exact) mass is 292 g/mol. The lowest BCUT2D eigenvalue weighted by atomic mass is 9.80. The van der Waals surface area contributed by atoms with Crippen LogP contribution in [-0.4, -0.2) is 37.5 Å². The third-order valence-electron chi connectivity index (χ3n) is 4.21. The van der Waals surface area contributed by atoms with Crippen LogP contribution in [0.1, 0.15) is 25.3 Å². The van der Waals surface area contributed by atoms with Crippen molar-refractivity contribution in [1.29, 1.82) is 0 Å². The lowest BCUT2D eigenvalue weighted by Gasteiger charge is -2.37. The van der Waals surface area contributed by atoms with Crippen molar-refractivity contribution in [2.75, 3.05) is 26.7 Å². The predicted molar refractivity (Wildman–Crippen MR) is 85.2 cm³/mol. The van der Waals surface area contributed by atoms with E-state index >= 15 is 0 Å². The molecule has 0 saturated carbocycles. The fraction of sp³-hybridized carbons (Fsp3) is 0.562. The molecule has 1 amide bonds. The molecule has 1 aromatic carbocycles. The van der Waals surface area contributed by atoms with Gasteiger partial charge in [-0.2, -0.15) is 0 Å². The Hall–Kier alpha value is -1.00. The number of carbonyl (C=O) groups is 1. The Morgan fingerprint density at radius 1 is 1.30 bits per heavy atom. The Balaban J connectivity index is 1.79. The molecule has 0 atom stereocenters. The van der Waals surface area contributed by atoms with Gasteiger partial charge in [-0.1, -0.05) is 19.1 Å². The second-order valence-corrected chi connectivity index (χ2v) is 6.75. The quantitative estimate of drug-likeness (QED) is 0.835. The number of likely N-dealkylation sites (tertiary alicyclic amines) is 1. The van der Waals surface area contributed by atoms with Crippen LogP contribution < -0.4 is 5.32 Å². The van der Waals surface area contributed by atoms with Gasteiger partial charge in [-0.3, -0.25) is 4.79 Å². The lowest BCUT2D eigenvalue weighted by molar-refractivity contribution is -0.121. The molecule has 1 N–H and O–H groups in total. The fourth-order valence-electron chi connectivity index (χ4n) is 2.51. The van der Waals surface area contributed by atoms with Gasteiger partial charge in [0.25, 0.3) is 0 Å². The molecule has 4 heteroatoms. The highest BCUT2D eigenvalue weighted by Crippen LogP contribution is 2.29. The molecular weight excluding hydrogens is 268 g/mol. The van der Waals surface area contributed by atoms with E-state index in [0.29, 0.717) is 6.42 Å². The number of carbonyl (C=O) groups excluding carboxylic acids is 1. The standard InChI is InChI=1S/C16H24N2OS/c1-16(7-9-18(2)10-8-16)12-17-15(19)11-13-3-5-14(20)6-4-13/h3-6,20H,7-12H2,1-2H3,(H,17,19). The first-order valence-electron chi connectivity index (χ1n) is 7.20. The number of rotatable bonds is 4. The zero-order valence-electron chi connectivity index (χ0n) is 12.4. The van der Waals surface area contributed by atoms with Crippen molar-refractivity contribution in [3.63, 3.8) is 0 Å². The van der Waals surface area contributed by atoms with Crippen LogP contribution in [0.4, 0.5) is 0 Å². The highest BCUT2D eigenvalue weighted by molar-refractivity contribution is 7.80. The van der Waals surface area contributed by atoms with Crippen LogP contribution >= 0.6 is 12.6 Å². The van der Waals surface area contributed by atoms with E-state index in [1.165, 1.54) is 0 Å². The van der Waals surface area contributed by atoms with Gasteiger partial charge in [0.05, 0.1) is 6.42 Å². The molecule has 110 valence electrons. The van der Waals surface area contributed by atoms with Crippen molar-refractivity contribution in [2.24, 2.45) is 5.41 Å². The second kappa shape index (κ2) is 6.64. The Morgan fingerprint density at radius 2 is 1.90 bits per heavy atom. The highest BCUT2D eigenvalue weighted by Gasteiger charge is 2.28. The van der Waals surface area contributed by atoms with E-state index in [1.54, 1.807) is 0 Å². The summed E-state index contributed by atoms with van der Waals surface area (Å²) in [5, 5.41) is 3.09. The van der Waals surface area contributed by atoms with Crippen molar-refractivity contribution >= 4 is 18.5 Å². The summed E-state index contributed by atoms with van der Waals surface area (Å²) in [6.45, 7) is 5.30. The third kappa shape index (κ3) is 4.53. The van der Waals surface area contributed by atoms with Gasteiger partial charge in [0, 0.05) is 11.4 Å². The van der Waals surface area contributed by atoms with Gasteiger partial charge in [0.1, 0.15) is 0 Å². The maximum Gasteiger partial charge on any atom is 0.224 e. The largest absolute Gasteiger partial charge is 0.355 e. The molecule has 0 unspecified atom stereocenters. The first kappa shape index (κ1) is 15.4. The molecule has 2 rings (SSSR count). The van der Waals surface area contributed by atoms with Crippen LogP contribution in [-0.2, 0) is 11.2 Å². The summed E-state index contributed by atoms with van der Waals surface area (Å²) in [5.41, 5.74) is 1.28. The minimum absolute atomic E-state index is 0.108. The maximum atomic E-state index is 12.0.